The molecule has 2 aromatic heterocycles. The first-order valence-electron chi connectivity index (χ1n) is 9.79. The SMILES string of the molecule is CCc1cc(-n2nc(C)n(Cc3cccc(OC(F)F)c3)c2=O)ccc1-c1cn[nH]c1. The number of benzene rings is 2. The van der Waals surface area contributed by atoms with E-state index in [-0.39, 0.29) is 18.0 Å². The third-order valence-electron chi connectivity index (χ3n) is 5.04. The van der Waals surface area contributed by atoms with Gasteiger partial charge in [0.15, 0.2) is 0 Å². The molecule has 0 aliphatic heterocycles. The summed E-state index contributed by atoms with van der Waals surface area (Å²) in [5.41, 5.74) is 4.09. The summed E-state index contributed by atoms with van der Waals surface area (Å²) < 4.78 is 32.3. The van der Waals surface area contributed by atoms with E-state index in [4.69, 9.17) is 0 Å². The number of halogens is 2. The van der Waals surface area contributed by atoms with Crippen molar-refractivity contribution in [3.05, 3.63) is 82.3 Å². The summed E-state index contributed by atoms with van der Waals surface area (Å²) in [5.74, 6) is 0.565. The van der Waals surface area contributed by atoms with E-state index in [9.17, 15) is 13.6 Å². The zero-order valence-corrected chi connectivity index (χ0v) is 17.0. The lowest BCUT2D eigenvalue weighted by Crippen LogP contribution is -2.24. The Morgan fingerprint density at radius 2 is 2.03 bits per heavy atom. The maximum absolute atomic E-state index is 13.1. The van der Waals surface area contributed by atoms with E-state index in [1.165, 1.54) is 21.4 Å². The summed E-state index contributed by atoms with van der Waals surface area (Å²) in [6.07, 6.45) is 4.36. The minimum Gasteiger partial charge on any atom is -0.435 e. The third-order valence-corrected chi connectivity index (χ3v) is 5.04. The van der Waals surface area contributed by atoms with Crippen molar-refractivity contribution in [2.75, 3.05) is 0 Å². The van der Waals surface area contributed by atoms with Crippen molar-refractivity contribution in [1.82, 2.24) is 24.5 Å². The van der Waals surface area contributed by atoms with Crippen LogP contribution in [0.15, 0.2) is 59.7 Å². The molecule has 0 fully saturated rings. The summed E-state index contributed by atoms with van der Waals surface area (Å²) in [5, 5.41) is 11.2. The molecule has 160 valence electrons. The first kappa shape index (κ1) is 20.5. The normalized spacial score (nSPS) is 11.3. The number of H-pyrrole nitrogens is 1. The van der Waals surface area contributed by atoms with E-state index in [0.717, 1.165) is 23.1 Å². The Morgan fingerprint density at radius 3 is 2.74 bits per heavy atom. The fourth-order valence-electron chi connectivity index (χ4n) is 3.53. The molecule has 0 spiro atoms. The molecule has 0 amide bonds. The van der Waals surface area contributed by atoms with Crippen molar-refractivity contribution in [2.24, 2.45) is 0 Å². The second-order valence-electron chi connectivity index (χ2n) is 7.04. The predicted molar refractivity (Wildman–Crippen MR) is 112 cm³/mol. The van der Waals surface area contributed by atoms with Gasteiger partial charge in [0.05, 0.1) is 18.4 Å². The minimum atomic E-state index is -2.90. The van der Waals surface area contributed by atoms with Crippen molar-refractivity contribution in [3.8, 4) is 22.6 Å². The summed E-state index contributed by atoms with van der Waals surface area (Å²) in [6.45, 7) is 1.07. The molecule has 4 aromatic rings. The van der Waals surface area contributed by atoms with Gasteiger partial charge in [-0.2, -0.15) is 23.7 Å². The lowest BCUT2D eigenvalue weighted by Gasteiger charge is -2.09. The molecule has 2 heterocycles. The number of aromatic nitrogens is 5. The molecule has 0 bridgehead atoms. The van der Waals surface area contributed by atoms with E-state index in [1.54, 1.807) is 25.3 Å². The van der Waals surface area contributed by atoms with E-state index in [0.29, 0.717) is 17.1 Å². The molecule has 0 unspecified atom stereocenters. The van der Waals surface area contributed by atoms with Crippen molar-refractivity contribution < 1.29 is 13.5 Å². The number of hydrogen-bond donors (Lipinski definition) is 1. The van der Waals surface area contributed by atoms with Gasteiger partial charge in [0.1, 0.15) is 11.6 Å². The van der Waals surface area contributed by atoms with Gasteiger partial charge in [-0.05, 0) is 54.3 Å². The molecule has 0 atom stereocenters. The van der Waals surface area contributed by atoms with Gasteiger partial charge in [-0.25, -0.2) is 4.79 Å². The van der Waals surface area contributed by atoms with E-state index in [1.807, 2.05) is 31.3 Å². The molecule has 0 aliphatic carbocycles. The Balaban J connectivity index is 1.67. The monoisotopic (exact) mass is 425 g/mol. The lowest BCUT2D eigenvalue weighted by molar-refractivity contribution is -0.0498. The molecule has 0 saturated heterocycles. The van der Waals surface area contributed by atoms with Gasteiger partial charge < -0.3 is 4.74 Å². The molecule has 0 radical (unpaired) electrons. The number of rotatable bonds is 7. The average Bonchev–Trinajstić information content (AvgIpc) is 3.37. The van der Waals surface area contributed by atoms with Crippen LogP contribution >= 0.6 is 0 Å². The van der Waals surface area contributed by atoms with Crippen LogP contribution in [0.4, 0.5) is 8.78 Å². The highest BCUT2D eigenvalue weighted by atomic mass is 19.3. The Labute approximate surface area is 176 Å². The van der Waals surface area contributed by atoms with Gasteiger partial charge in [-0.3, -0.25) is 9.67 Å². The second-order valence-corrected chi connectivity index (χ2v) is 7.04. The number of nitrogens with one attached hydrogen (secondary N) is 1. The van der Waals surface area contributed by atoms with Crippen LogP contribution in [0.1, 0.15) is 23.9 Å². The minimum absolute atomic E-state index is 0.0491. The predicted octanol–water partition coefficient (Wildman–Crippen LogP) is 3.94. The molecule has 4 rings (SSSR count). The number of alkyl halides is 2. The molecule has 1 N–H and O–H groups in total. The molecular weight excluding hydrogens is 404 g/mol. The van der Waals surface area contributed by atoms with Gasteiger partial charge in [0.2, 0.25) is 0 Å². The molecular formula is C22H21F2N5O2. The van der Waals surface area contributed by atoms with Crippen LogP contribution in [-0.2, 0) is 13.0 Å². The third kappa shape index (κ3) is 4.25. The average molecular weight is 425 g/mol. The van der Waals surface area contributed by atoms with Crippen LogP contribution in [-0.4, -0.2) is 31.2 Å². The topological polar surface area (TPSA) is 77.7 Å². The van der Waals surface area contributed by atoms with Crippen molar-refractivity contribution in [2.45, 2.75) is 33.4 Å². The van der Waals surface area contributed by atoms with Crippen molar-refractivity contribution >= 4 is 0 Å². The van der Waals surface area contributed by atoms with E-state index < -0.39 is 6.61 Å². The zero-order valence-electron chi connectivity index (χ0n) is 17.0. The largest absolute Gasteiger partial charge is 0.435 e. The number of aryl methyl sites for hydroxylation is 2. The van der Waals surface area contributed by atoms with Crippen LogP contribution in [0.25, 0.3) is 16.8 Å². The second kappa shape index (κ2) is 8.55. The molecule has 0 saturated carbocycles. The van der Waals surface area contributed by atoms with Gasteiger partial charge in [0, 0.05) is 11.8 Å². The molecule has 0 aliphatic rings. The Morgan fingerprint density at radius 1 is 1.19 bits per heavy atom. The van der Waals surface area contributed by atoms with Crippen LogP contribution in [0.3, 0.4) is 0 Å². The lowest BCUT2D eigenvalue weighted by atomic mass is 10.00. The number of ether oxygens (including phenoxy) is 1. The van der Waals surface area contributed by atoms with Crippen LogP contribution in [0.5, 0.6) is 5.75 Å². The molecule has 9 heteroatoms. The fourth-order valence-corrected chi connectivity index (χ4v) is 3.53. The Kier molecular flexibility index (Phi) is 5.66. The summed E-state index contributed by atoms with van der Waals surface area (Å²) >= 11 is 0. The molecule has 7 nitrogen and oxygen atoms in total. The summed E-state index contributed by atoms with van der Waals surface area (Å²) in [4.78, 5) is 13.1. The smallest absolute Gasteiger partial charge is 0.387 e. The van der Waals surface area contributed by atoms with Gasteiger partial charge in [-0.15, -0.1) is 0 Å². The van der Waals surface area contributed by atoms with Gasteiger partial charge >= 0.3 is 12.3 Å². The number of hydrogen-bond acceptors (Lipinski definition) is 4. The standard InChI is InChI=1S/C22H21F2N5O2/c1-3-16-10-18(7-8-20(16)17-11-25-26-12-17)29-22(30)28(14(2)27-29)13-15-5-4-6-19(9-15)31-21(23)24/h4-12,21H,3,13H2,1-2H3,(H,25,26). The first-order valence-corrected chi connectivity index (χ1v) is 9.79. The maximum atomic E-state index is 13.1. The quantitative estimate of drug-likeness (QED) is 0.487. The number of aromatic amines is 1. The Bertz CT molecular complexity index is 1250. The first-order chi connectivity index (χ1) is 15.0. The molecule has 31 heavy (non-hydrogen) atoms. The number of nitrogens with zero attached hydrogens (tertiary/aromatic N) is 4. The highest BCUT2D eigenvalue weighted by Gasteiger charge is 2.15. The highest BCUT2D eigenvalue weighted by Crippen LogP contribution is 2.25. The van der Waals surface area contributed by atoms with Crippen molar-refractivity contribution in [3.63, 3.8) is 0 Å². The van der Waals surface area contributed by atoms with Crippen LogP contribution in [0, 0.1) is 6.92 Å². The molecule has 2 aromatic carbocycles. The fraction of sp³-hybridized carbons (Fsp3) is 0.227. The maximum Gasteiger partial charge on any atom is 0.387 e. The van der Waals surface area contributed by atoms with E-state index in [2.05, 4.69) is 20.0 Å². The van der Waals surface area contributed by atoms with Crippen molar-refractivity contribution in [1.29, 1.82) is 0 Å². The van der Waals surface area contributed by atoms with Crippen LogP contribution in [0.2, 0.25) is 0 Å². The van der Waals surface area contributed by atoms with Gasteiger partial charge in [-0.1, -0.05) is 25.1 Å². The van der Waals surface area contributed by atoms with E-state index >= 15 is 0 Å². The van der Waals surface area contributed by atoms with Crippen LogP contribution < -0.4 is 10.4 Å². The summed E-state index contributed by atoms with van der Waals surface area (Å²) in [7, 11) is 0. The summed E-state index contributed by atoms with van der Waals surface area (Å²) in [6, 6.07) is 12.0. The van der Waals surface area contributed by atoms with Gasteiger partial charge in [0.25, 0.3) is 0 Å². The highest BCUT2D eigenvalue weighted by molar-refractivity contribution is 5.67. The Hall–Kier alpha value is -3.75. The zero-order chi connectivity index (χ0) is 22.0.